The van der Waals surface area contributed by atoms with Crippen molar-refractivity contribution >= 4 is 57.2 Å². The molecule has 124 heavy (non-hydrogen) atoms. The summed E-state index contributed by atoms with van der Waals surface area (Å²) in [4.78, 5) is 77.3. The Labute approximate surface area is 714 Å². The van der Waals surface area contributed by atoms with Gasteiger partial charge in [0.15, 0.2) is 59.5 Å². The number of carbonyl (C=O) groups excluding carboxylic acids is 6. The van der Waals surface area contributed by atoms with Crippen LogP contribution in [0.15, 0.2) is 128 Å². The van der Waals surface area contributed by atoms with Crippen molar-refractivity contribution in [2.24, 2.45) is 0 Å². The maximum Gasteiger partial charge on any atom is 0.161 e. The van der Waals surface area contributed by atoms with Gasteiger partial charge >= 0.3 is 102 Å². The third-order valence-corrected chi connectivity index (χ3v) is 17.5. The molecule has 4 heterocycles. The summed E-state index contributed by atoms with van der Waals surface area (Å²) in [6.07, 6.45) is 7.02. The molecule has 2 amide bonds. The number of nitrogens with one attached hydrogen (secondary N) is 1. The van der Waals surface area contributed by atoms with E-state index < -0.39 is 75.7 Å². The summed E-state index contributed by atoms with van der Waals surface area (Å²) < 4.78 is 203. The van der Waals surface area contributed by atoms with E-state index in [4.69, 9.17) is 71.5 Å². The zero-order chi connectivity index (χ0) is 92.3. The summed E-state index contributed by atoms with van der Waals surface area (Å²) >= 11 is 0. The maximum absolute atomic E-state index is 13.8. The van der Waals surface area contributed by atoms with E-state index in [1.807, 2.05) is 97.1 Å². The minimum atomic E-state index is -10.7. The molecule has 0 radical (unpaired) electrons. The van der Waals surface area contributed by atoms with Crippen molar-refractivity contribution < 1.29 is 155 Å². The molecular weight excluding hydrogens is 1700 g/mol. The van der Waals surface area contributed by atoms with Gasteiger partial charge in [-0.3, -0.25) is 28.9 Å². The first-order valence-electron chi connectivity index (χ1n) is 40.4. The second kappa shape index (κ2) is 46.3. The molecule has 4 aromatic carbocycles. The second-order valence-electron chi connectivity index (χ2n) is 31.9. The number of para-hydroxylation sites is 4. The molecule has 0 spiro atoms. The number of hydrogen-bond acceptors (Lipinski definition) is 21. The first-order chi connectivity index (χ1) is 57.5. The molecule has 2 aliphatic heterocycles. The van der Waals surface area contributed by atoms with Crippen molar-refractivity contribution in [3.05, 3.63) is 156 Å². The van der Waals surface area contributed by atoms with Gasteiger partial charge in [0.25, 0.3) is 5.91 Å². The van der Waals surface area contributed by atoms with E-state index in [0.717, 1.165) is 83.9 Å². The Morgan fingerprint density at radius 3 is 1.35 bits per heavy atom. The van der Waals surface area contributed by atoms with E-state index in [9.17, 15) is 79.1 Å². The van der Waals surface area contributed by atoms with Gasteiger partial charge in [-0.25, -0.2) is 4.79 Å². The van der Waals surface area contributed by atoms with Crippen LogP contribution in [0.1, 0.15) is 180 Å². The number of halogens is 12. The summed E-state index contributed by atoms with van der Waals surface area (Å²) in [5.74, 6) is -0.337. The number of ether oxygens (including phenoxy) is 14. The Hall–Kier alpha value is -9.19. The second-order valence-corrected chi connectivity index (χ2v) is 35.8. The number of anilines is 1. The minimum Gasteiger partial charge on any atom is -0.487 e. The monoisotopic (exact) mass is 1820 g/mol. The molecule has 1 saturated heterocycles. The molecule has 1 N–H and O–H groups in total. The fourth-order valence-corrected chi connectivity index (χ4v) is 12.0. The van der Waals surface area contributed by atoms with Crippen LogP contribution >= 0.6 is 15.6 Å². The van der Waals surface area contributed by atoms with Crippen LogP contribution in [0, 0.1) is 0 Å². The Kier molecular flexibility index (Phi) is 39.4. The van der Waals surface area contributed by atoms with Crippen LogP contribution in [0.2, 0.25) is 0 Å². The summed E-state index contributed by atoms with van der Waals surface area (Å²) in [6, 6.07) is 35.2. The number of hydrogen-bond donors (Lipinski definition) is 1. The van der Waals surface area contributed by atoms with Gasteiger partial charge in [0.05, 0.1) is 63.6 Å². The third kappa shape index (κ3) is 46.7. The molecule has 26 nitrogen and oxygen atoms in total. The molecule has 0 aliphatic carbocycles. The first kappa shape index (κ1) is 105. The third-order valence-electron chi connectivity index (χ3n) is 17.5. The zero-order valence-corrected chi connectivity index (χ0v) is 74.0. The van der Waals surface area contributed by atoms with Gasteiger partial charge in [-0.15, -0.1) is 9.36 Å². The smallest absolute Gasteiger partial charge is 0.161 e. The molecule has 698 valence electrons. The van der Waals surface area contributed by atoms with E-state index in [0.29, 0.717) is 127 Å². The standard InChI is InChI=1S/C60H85N6O12.C24H32O8.2F6P/c1-41(67)73-40-51-52(74-42(2)68)53(75-43(3)69)54(76-44(4)70)56(77-51)63-33-28-46(29-34-63)55(71)61-30-22-15-17-23-31-64-39-49(66(62-64)38-45-25-19-18-20-26-45)27-21-14-16-24-32-65(57(72)78-60(11,12)13)50-36-47(58(5,6)7)35-48(37-50)59(8,9)10;1-2-6-22-21(5-1)29-17-13-25-9-10-27-15-19-31-23-7-3-4-8-24(23)32-20-16-28-12-11-26-14-18-30-22;2*1-7(2,3,4,5)6/h18-20,25-26,28-29,33-37,39,51-54,56H,14-17,21-24,27,30-32,38,40H2,1-13H3;1-8H,9-20H2;;/q+1;;2*-1/p+1/t51-,52-,53+,54+,56+;;;/m1.../s1. The topological polar surface area (TPSA) is 272 Å². The Bertz CT molecular complexity index is 4130. The number of esters is 4. The van der Waals surface area contributed by atoms with Crippen LogP contribution in [0.25, 0.3) is 0 Å². The molecule has 1 fully saturated rings. The maximum atomic E-state index is 13.8. The molecule has 5 atom stereocenters. The van der Waals surface area contributed by atoms with Gasteiger partial charge in [0.2, 0.25) is 6.10 Å². The Balaban J connectivity index is 0.000000481. The van der Waals surface area contributed by atoms with Crippen LogP contribution in [-0.4, -0.2) is 175 Å². The fourth-order valence-electron chi connectivity index (χ4n) is 12.0. The van der Waals surface area contributed by atoms with Crippen LogP contribution in [0.3, 0.4) is 0 Å². The van der Waals surface area contributed by atoms with Gasteiger partial charge in [-0.05, 0) is 117 Å². The number of rotatable bonds is 24. The molecule has 8 rings (SSSR count). The molecule has 0 unspecified atom stereocenters. The Morgan fingerprint density at radius 2 is 0.911 bits per heavy atom. The summed E-state index contributed by atoms with van der Waals surface area (Å²) in [7, 11) is -21.3. The average Bonchev–Trinajstić information content (AvgIpc) is 1.37. The number of benzene rings is 4. The number of carbonyl (C=O) groups is 6. The SMILES string of the molecule is CC(=O)OC[C@H]1O[C@H]([n+]2ccc(C(=O)NCCCCCC[n+]3cc(CCCCCCN(C(=O)OC(C)(C)C)c4cc(C(C)(C)C)cc(C(C)(C)C)c4)n(Cc4ccccc4)n3)cc2)[C@@H](OC(C)=O)[C@@H](OC(C)=O)[C@@H]1OC(C)=O.F[P-](F)(F)(F)(F)F.F[P-](F)(F)(F)(F)F.c1ccc2c(c1)OCCOCCOCCOc1ccccc1OCCOCCOCCO2. The molecule has 0 saturated carbocycles. The predicted molar refractivity (Wildman–Crippen MR) is 437 cm³/mol. The van der Waals surface area contributed by atoms with Gasteiger partial charge in [-0.1, -0.05) is 121 Å². The van der Waals surface area contributed by atoms with Gasteiger partial charge < -0.3 is 71.6 Å². The number of fused-ring (bicyclic) bond motifs is 2. The average molecular weight is 1820 g/mol. The molecule has 6 aromatic rings. The number of amides is 2. The normalized spacial score (nSPS) is 18.4. The van der Waals surface area contributed by atoms with E-state index in [1.165, 1.54) is 40.8 Å². The van der Waals surface area contributed by atoms with Crippen molar-refractivity contribution in [1.82, 2.24) is 15.2 Å². The predicted octanol–water partition coefficient (Wildman–Crippen LogP) is 18.6. The van der Waals surface area contributed by atoms with E-state index in [1.54, 1.807) is 24.5 Å². The van der Waals surface area contributed by atoms with Crippen LogP contribution in [-0.2, 0) is 96.9 Å². The molecule has 2 aromatic heterocycles. The van der Waals surface area contributed by atoms with Crippen molar-refractivity contribution in [2.75, 3.05) is 104 Å². The van der Waals surface area contributed by atoms with Crippen LogP contribution in [0.4, 0.5) is 60.8 Å². The summed E-state index contributed by atoms with van der Waals surface area (Å²) in [5.41, 5.74) is 5.17. The van der Waals surface area contributed by atoms with Crippen LogP contribution < -0.4 is 38.4 Å². The van der Waals surface area contributed by atoms with Crippen molar-refractivity contribution in [2.45, 2.75) is 208 Å². The Morgan fingerprint density at radius 1 is 0.500 bits per heavy atom. The molecule has 40 heteroatoms. The van der Waals surface area contributed by atoms with Crippen LogP contribution in [0.5, 0.6) is 23.0 Å². The largest absolute Gasteiger partial charge is 0.487 e. The number of aromatic nitrogens is 4. The summed E-state index contributed by atoms with van der Waals surface area (Å²) in [5, 5.41) is 7.98. The van der Waals surface area contributed by atoms with Crippen molar-refractivity contribution in [1.29, 1.82) is 0 Å². The van der Waals surface area contributed by atoms with Crippen molar-refractivity contribution in [3.63, 3.8) is 0 Å². The van der Waals surface area contributed by atoms with E-state index >= 15 is 0 Å². The molecule has 2 aliphatic rings. The molecule has 0 bridgehead atoms. The number of nitrogens with zero attached hydrogens (tertiary/aromatic N) is 5. The number of aryl methyl sites for hydroxylation is 2. The summed E-state index contributed by atoms with van der Waals surface area (Å²) in [6.45, 7) is 31.2. The fraction of sp³-hybridized carbons (Fsp3) is 0.560. The minimum absolute atomic E-state index is 0.0919. The van der Waals surface area contributed by atoms with Crippen molar-refractivity contribution in [3.8, 4) is 23.0 Å². The first-order valence-corrected chi connectivity index (χ1v) is 44.5. The van der Waals surface area contributed by atoms with Gasteiger partial charge in [0.1, 0.15) is 57.8 Å². The molecular formula is C84H118F12N6O20P2. The zero-order valence-electron chi connectivity index (χ0n) is 72.2. The van der Waals surface area contributed by atoms with E-state index in [-0.39, 0.29) is 29.4 Å². The van der Waals surface area contributed by atoms with Gasteiger partial charge in [0, 0.05) is 65.0 Å². The number of unbranched alkanes of at least 4 members (excludes halogenated alkanes) is 6. The number of pyridine rings is 1. The quantitative estimate of drug-likeness (QED) is 0.0147. The van der Waals surface area contributed by atoms with E-state index in [2.05, 4.69) is 88.1 Å². The van der Waals surface area contributed by atoms with Gasteiger partial charge in [-0.2, -0.15) is 4.57 Å².